The number of carbonyl (C=O) groups excluding carboxylic acids is 1. The van der Waals surface area contributed by atoms with E-state index in [0.717, 1.165) is 5.69 Å². The van der Waals surface area contributed by atoms with E-state index in [1.54, 1.807) is 24.3 Å². The van der Waals surface area contributed by atoms with Crippen LogP contribution in [0.5, 0.6) is 5.75 Å². The summed E-state index contributed by atoms with van der Waals surface area (Å²) in [4.78, 5) is 16.2. The molecule has 1 aliphatic carbocycles. The Bertz CT molecular complexity index is 1020. The lowest BCUT2D eigenvalue weighted by molar-refractivity contribution is -0.164. The van der Waals surface area contributed by atoms with Crippen LogP contribution in [0, 0.1) is 17.4 Å². The smallest absolute Gasteiger partial charge is 0.272 e. The van der Waals surface area contributed by atoms with Crippen LogP contribution in [0.2, 0.25) is 5.02 Å². The molecule has 164 valence electrons. The number of hydrogen-bond acceptors (Lipinski definition) is 4. The molecule has 1 heterocycles. The lowest BCUT2D eigenvalue weighted by atomic mass is 9.49. The first-order chi connectivity index (χ1) is 14.3. The molecule has 0 spiro atoms. The first-order valence-electron chi connectivity index (χ1n) is 10.3. The Labute approximate surface area is 189 Å². The van der Waals surface area contributed by atoms with Crippen molar-refractivity contribution >= 4 is 23.2 Å². The number of halogens is 1. The highest BCUT2D eigenvalue weighted by atomic mass is 35.5. The molecular weight excluding hydrogens is 412 g/mol. The van der Waals surface area contributed by atoms with E-state index in [1.165, 1.54) is 0 Å². The summed E-state index contributed by atoms with van der Waals surface area (Å²) in [7, 11) is 0. The number of carbonyl (C=O) groups is 1. The summed E-state index contributed by atoms with van der Waals surface area (Å²) in [5.74, 6) is 0.360. The Morgan fingerprint density at radius 2 is 1.77 bits per heavy atom. The molecule has 0 bridgehead atoms. The fourth-order valence-corrected chi connectivity index (χ4v) is 4.86. The van der Waals surface area contributed by atoms with Gasteiger partial charge in [-0.05, 0) is 24.3 Å². The van der Waals surface area contributed by atoms with Crippen molar-refractivity contribution in [2.75, 3.05) is 0 Å². The Balaban J connectivity index is 1.74. The molecule has 0 radical (unpaired) electrons. The minimum absolute atomic E-state index is 0.125. The van der Waals surface area contributed by atoms with Gasteiger partial charge in [-0.25, -0.2) is 4.85 Å². The third-order valence-corrected chi connectivity index (χ3v) is 6.38. The van der Waals surface area contributed by atoms with Gasteiger partial charge in [0, 0.05) is 22.3 Å². The Morgan fingerprint density at radius 3 is 2.26 bits per heavy atom. The molecule has 0 unspecified atom stereocenters. The molecule has 0 aliphatic heterocycles. The molecule has 1 fully saturated rings. The standard InChI is InChI=1S/C24H29ClN4O2/c1-22(2,3)18-12-11-17(28-29-18)19(30)27-20-23(4,5)21(24(20,6)7)31-14-9-10-16(26-8)15(25)13-14/h9-13,20-21H,1-7H3,(H,27,30). The van der Waals surface area contributed by atoms with Crippen molar-refractivity contribution in [1.29, 1.82) is 0 Å². The molecular formula is C24H29ClN4O2. The molecule has 7 heteroatoms. The van der Waals surface area contributed by atoms with Crippen molar-refractivity contribution in [2.45, 2.75) is 66.0 Å². The van der Waals surface area contributed by atoms with Crippen LogP contribution in [0.1, 0.15) is 64.6 Å². The monoisotopic (exact) mass is 440 g/mol. The second-order valence-corrected chi connectivity index (χ2v) is 10.7. The number of benzene rings is 1. The summed E-state index contributed by atoms with van der Waals surface area (Å²) < 4.78 is 6.27. The molecule has 1 aliphatic rings. The van der Waals surface area contributed by atoms with Gasteiger partial charge in [-0.3, -0.25) is 4.79 Å². The largest absolute Gasteiger partial charge is 0.489 e. The molecule has 0 saturated heterocycles. The molecule has 2 aromatic rings. The number of amides is 1. The zero-order valence-corrected chi connectivity index (χ0v) is 19.8. The quantitative estimate of drug-likeness (QED) is 0.629. The van der Waals surface area contributed by atoms with Crippen LogP contribution in [-0.4, -0.2) is 28.3 Å². The number of ether oxygens (including phenoxy) is 1. The molecule has 1 aromatic carbocycles. The van der Waals surface area contributed by atoms with Crippen molar-refractivity contribution in [1.82, 2.24) is 15.5 Å². The highest BCUT2D eigenvalue weighted by Gasteiger charge is 2.64. The van der Waals surface area contributed by atoms with E-state index in [9.17, 15) is 4.79 Å². The van der Waals surface area contributed by atoms with Gasteiger partial charge in [0.05, 0.1) is 17.3 Å². The summed E-state index contributed by atoms with van der Waals surface area (Å²) in [6, 6.07) is 8.52. The summed E-state index contributed by atoms with van der Waals surface area (Å²) in [5.41, 5.74) is 0.742. The lowest BCUT2D eigenvalue weighted by Crippen LogP contribution is -2.74. The maximum atomic E-state index is 12.9. The lowest BCUT2D eigenvalue weighted by Gasteiger charge is -2.63. The Morgan fingerprint density at radius 1 is 1.13 bits per heavy atom. The second kappa shape index (κ2) is 7.80. The van der Waals surface area contributed by atoms with E-state index in [1.807, 2.05) is 6.07 Å². The first kappa shape index (κ1) is 23.0. The third kappa shape index (κ3) is 4.24. The normalized spacial score (nSPS) is 21.5. The van der Waals surface area contributed by atoms with Crippen molar-refractivity contribution in [3.63, 3.8) is 0 Å². The number of aromatic nitrogens is 2. The molecule has 6 nitrogen and oxygen atoms in total. The van der Waals surface area contributed by atoms with E-state index < -0.39 is 0 Å². The summed E-state index contributed by atoms with van der Waals surface area (Å²) in [6.07, 6.45) is -0.158. The van der Waals surface area contributed by atoms with Crippen LogP contribution < -0.4 is 10.1 Å². The van der Waals surface area contributed by atoms with Gasteiger partial charge in [0.25, 0.3) is 5.91 Å². The predicted octanol–water partition coefficient (Wildman–Crippen LogP) is 5.59. The van der Waals surface area contributed by atoms with E-state index in [-0.39, 0.29) is 34.3 Å². The fraction of sp³-hybridized carbons (Fsp3) is 0.500. The number of rotatable bonds is 4. The van der Waals surface area contributed by atoms with E-state index in [0.29, 0.717) is 22.2 Å². The predicted molar refractivity (Wildman–Crippen MR) is 122 cm³/mol. The molecule has 1 aromatic heterocycles. The maximum Gasteiger partial charge on any atom is 0.272 e. The van der Waals surface area contributed by atoms with Crippen molar-refractivity contribution in [2.24, 2.45) is 10.8 Å². The molecule has 1 N–H and O–H groups in total. The summed E-state index contributed by atoms with van der Waals surface area (Å²) in [6.45, 7) is 21.6. The van der Waals surface area contributed by atoms with Crippen molar-refractivity contribution in [3.05, 3.63) is 58.2 Å². The topological polar surface area (TPSA) is 68.5 Å². The van der Waals surface area contributed by atoms with E-state index in [4.69, 9.17) is 22.9 Å². The van der Waals surface area contributed by atoms with Gasteiger partial charge < -0.3 is 10.1 Å². The minimum atomic E-state index is -0.330. The molecule has 0 atom stereocenters. The highest BCUT2D eigenvalue weighted by molar-refractivity contribution is 6.33. The van der Waals surface area contributed by atoms with Gasteiger partial charge in [0.15, 0.2) is 5.69 Å². The van der Waals surface area contributed by atoms with Crippen molar-refractivity contribution < 1.29 is 9.53 Å². The van der Waals surface area contributed by atoms with Crippen LogP contribution in [0.25, 0.3) is 4.85 Å². The number of nitrogens with one attached hydrogen (secondary N) is 1. The summed E-state index contributed by atoms with van der Waals surface area (Å²) >= 11 is 6.16. The van der Waals surface area contributed by atoms with Crippen LogP contribution in [0.4, 0.5) is 5.69 Å². The zero-order chi connectivity index (χ0) is 23.2. The SMILES string of the molecule is [C-]#[N+]c1ccc(OC2C(C)(C)C(NC(=O)c3ccc(C(C)(C)C)nn3)C2(C)C)cc1Cl. The number of hydrogen-bond donors (Lipinski definition) is 1. The van der Waals surface area contributed by atoms with Crippen LogP contribution in [0.3, 0.4) is 0 Å². The minimum Gasteiger partial charge on any atom is -0.489 e. The number of nitrogens with zero attached hydrogens (tertiary/aromatic N) is 3. The zero-order valence-electron chi connectivity index (χ0n) is 19.1. The Hall–Kier alpha value is -2.65. The second-order valence-electron chi connectivity index (χ2n) is 10.3. The highest BCUT2D eigenvalue weighted by Crippen LogP contribution is 2.55. The van der Waals surface area contributed by atoms with Crippen LogP contribution in [-0.2, 0) is 5.41 Å². The fourth-order valence-electron chi connectivity index (χ4n) is 4.65. The van der Waals surface area contributed by atoms with Gasteiger partial charge >= 0.3 is 0 Å². The average Bonchev–Trinajstić information content (AvgIpc) is 2.69. The van der Waals surface area contributed by atoms with E-state index >= 15 is 0 Å². The summed E-state index contributed by atoms with van der Waals surface area (Å²) in [5, 5.41) is 11.8. The van der Waals surface area contributed by atoms with Gasteiger partial charge in [0.2, 0.25) is 5.69 Å². The van der Waals surface area contributed by atoms with Gasteiger partial charge in [0.1, 0.15) is 11.9 Å². The van der Waals surface area contributed by atoms with Gasteiger partial charge in [-0.1, -0.05) is 66.1 Å². The molecule has 1 amide bonds. The van der Waals surface area contributed by atoms with Crippen molar-refractivity contribution in [3.8, 4) is 5.75 Å². The molecule has 1 saturated carbocycles. The average molecular weight is 441 g/mol. The van der Waals surface area contributed by atoms with Crippen LogP contribution in [0.15, 0.2) is 30.3 Å². The van der Waals surface area contributed by atoms with Gasteiger partial charge in [-0.15, -0.1) is 5.10 Å². The first-order valence-corrected chi connectivity index (χ1v) is 10.6. The van der Waals surface area contributed by atoms with Gasteiger partial charge in [-0.2, -0.15) is 5.10 Å². The molecule has 31 heavy (non-hydrogen) atoms. The van der Waals surface area contributed by atoms with E-state index in [2.05, 4.69) is 68.8 Å². The third-order valence-electron chi connectivity index (χ3n) is 6.07. The maximum absolute atomic E-state index is 12.9. The molecule has 3 rings (SSSR count). The van der Waals surface area contributed by atoms with Crippen LogP contribution >= 0.6 is 11.6 Å². The Kier molecular flexibility index (Phi) is 5.79.